The fourth-order valence-corrected chi connectivity index (χ4v) is 1.74. The minimum Gasteiger partial charge on any atom is -0.324 e. The summed E-state index contributed by atoms with van der Waals surface area (Å²) in [5.41, 5.74) is 6.26. The molecule has 1 atom stereocenters. The van der Waals surface area contributed by atoms with Crippen molar-refractivity contribution in [1.82, 2.24) is 0 Å². The van der Waals surface area contributed by atoms with E-state index in [9.17, 15) is 13.2 Å². The second kappa shape index (κ2) is 4.82. The molecule has 0 aliphatic rings. The molecule has 94 valence electrons. The van der Waals surface area contributed by atoms with Crippen LogP contribution in [0, 0.1) is 17.5 Å². The summed E-state index contributed by atoms with van der Waals surface area (Å²) in [6.07, 6.45) is 0. The van der Waals surface area contributed by atoms with Crippen LogP contribution in [0.3, 0.4) is 0 Å². The topological polar surface area (TPSA) is 26.0 Å². The number of hydrogen-bond donors (Lipinski definition) is 1. The minimum absolute atomic E-state index is 0.0156. The molecule has 0 aromatic heterocycles. The maximum atomic E-state index is 13.7. The van der Waals surface area contributed by atoms with Gasteiger partial charge in [-0.2, -0.15) is 0 Å². The maximum Gasteiger partial charge on any atom is 0.166 e. The number of halogens is 3. The van der Waals surface area contributed by atoms with Crippen LogP contribution in [-0.4, -0.2) is 0 Å². The first kappa shape index (κ1) is 12.6. The van der Waals surface area contributed by atoms with Gasteiger partial charge in [0.1, 0.15) is 5.82 Å². The van der Waals surface area contributed by atoms with Crippen LogP contribution in [0.1, 0.15) is 18.5 Å². The summed E-state index contributed by atoms with van der Waals surface area (Å²) < 4.78 is 40.5. The van der Waals surface area contributed by atoms with Crippen LogP contribution in [0.4, 0.5) is 13.2 Å². The molecule has 2 N–H and O–H groups in total. The third-order valence-electron chi connectivity index (χ3n) is 2.76. The van der Waals surface area contributed by atoms with Crippen LogP contribution in [0.2, 0.25) is 0 Å². The van der Waals surface area contributed by atoms with Crippen LogP contribution < -0.4 is 5.73 Å². The summed E-state index contributed by atoms with van der Waals surface area (Å²) in [4.78, 5) is 0. The van der Waals surface area contributed by atoms with Gasteiger partial charge in [-0.25, -0.2) is 13.2 Å². The van der Waals surface area contributed by atoms with E-state index in [1.165, 1.54) is 30.3 Å². The van der Waals surface area contributed by atoms with Crippen molar-refractivity contribution in [2.24, 2.45) is 5.73 Å². The van der Waals surface area contributed by atoms with Crippen molar-refractivity contribution >= 4 is 0 Å². The van der Waals surface area contributed by atoms with Crippen LogP contribution in [0.15, 0.2) is 36.4 Å². The van der Waals surface area contributed by atoms with Gasteiger partial charge in [0.25, 0.3) is 0 Å². The summed E-state index contributed by atoms with van der Waals surface area (Å²) in [6, 6.07) is 7.54. The molecule has 0 bridgehead atoms. The third kappa shape index (κ3) is 2.24. The van der Waals surface area contributed by atoms with E-state index in [1.807, 2.05) is 0 Å². The Balaban J connectivity index is 2.63. The van der Waals surface area contributed by atoms with Gasteiger partial charge in [-0.1, -0.05) is 18.2 Å². The Morgan fingerprint density at radius 1 is 0.944 bits per heavy atom. The fourth-order valence-electron chi connectivity index (χ4n) is 1.74. The van der Waals surface area contributed by atoms with Gasteiger partial charge in [-0.05, 0) is 30.7 Å². The quantitative estimate of drug-likeness (QED) is 0.863. The first-order chi connectivity index (χ1) is 8.50. The molecule has 0 radical (unpaired) electrons. The van der Waals surface area contributed by atoms with E-state index >= 15 is 0 Å². The predicted octanol–water partition coefficient (Wildman–Crippen LogP) is 3.79. The molecule has 0 heterocycles. The second-order valence-corrected chi connectivity index (χ2v) is 4.13. The standard InChI is InChI=1S/C14H12F3N/c1-8(18)9-5-6-12(15)11(7-9)10-3-2-4-13(16)14(10)17/h2-8H,18H2,1H3. The first-order valence-corrected chi connectivity index (χ1v) is 5.50. The average molecular weight is 251 g/mol. The first-order valence-electron chi connectivity index (χ1n) is 5.50. The molecular formula is C14H12F3N. The zero-order chi connectivity index (χ0) is 13.3. The van der Waals surface area contributed by atoms with Crippen molar-refractivity contribution in [1.29, 1.82) is 0 Å². The van der Waals surface area contributed by atoms with Crippen LogP contribution in [-0.2, 0) is 0 Å². The molecule has 0 amide bonds. The molecule has 0 spiro atoms. The van der Waals surface area contributed by atoms with Gasteiger partial charge in [0, 0.05) is 17.2 Å². The summed E-state index contributed by atoms with van der Waals surface area (Å²) in [7, 11) is 0. The molecular weight excluding hydrogens is 239 g/mol. The smallest absolute Gasteiger partial charge is 0.166 e. The van der Waals surface area contributed by atoms with Crippen molar-refractivity contribution in [3.8, 4) is 11.1 Å². The van der Waals surface area contributed by atoms with E-state index in [1.54, 1.807) is 6.92 Å². The fraction of sp³-hybridized carbons (Fsp3) is 0.143. The molecule has 1 nitrogen and oxygen atoms in total. The molecule has 0 aliphatic carbocycles. The molecule has 2 aromatic rings. The van der Waals surface area contributed by atoms with Gasteiger partial charge in [0.2, 0.25) is 0 Å². The highest BCUT2D eigenvalue weighted by Gasteiger charge is 2.14. The van der Waals surface area contributed by atoms with Gasteiger partial charge < -0.3 is 5.73 Å². The lowest BCUT2D eigenvalue weighted by Gasteiger charge is -2.10. The van der Waals surface area contributed by atoms with Crippen molar-refractivity contribution < 1.29 is 13.2 Å². The van der Waals surface area contributed by atoms with Crippen LogP contribution in [0.25, 0.3) is 11.1 Å². The molecule has 18 heavy (non-hydrogen) atoms. The van der Waals surface area contributed by atoms with E-state index in [0.29, 0.717) is 5.56 Å². The van der Waals surface area contributed by atoms with Crippen molar-refractivity contribution in [2.75, 3.05) is 0 Å². The highest BCUT2D eigenvalue weighted by Crippen LogP contribution is 2.29. The molecule has 0 aliphatic heterocycles. The zero-order valence-electron chi connectivity index (χ0n) is 9.75. The predicted molar refractivity (Wildman–Crippen MR) is 64.4 cm³/mol. The molecule has 1 unspecified atom stereocenters. The monoisotopic (exact) mass is 251 g/mol. The third-order valence-corrected chi connectivity index (χ3v) is 2.76. The van der Waals surface area contributed by atoms with Gasteiger partial charge in [-0.3, -0.25) is 0 Å². The van der Waals surface area contributed by atoms with E-state index in [-0.39, 0.29) is 17.2 Å². The van der Waals surface area contributed by atoms with Crippen molar-refractivity contribution in [3.05, 3.63) is 59.4 Å². The largest absolute Gasteiger partial charge is 0.324 e. The number of rotatable bonds is 2. The summed E-state index contributed by atoms with van der Waals surface area (Å²) >= 11 is 0. The Morgan fingerprint density at radius 2 is 1.67 bits per heavy atom. The minimum atomic E-state index is -1.06. The van der Waals surface area contributed by atoms with Gasteiger partial charge in [0.05, 0.1) is 0 Å². The van der Waals surface area contributed by atoms with E-state index in [0.717, 1.165) is 6.07 Å². The zero-order valence-corrected chi connectivity index (χ0v) is 9.75. The van der Waals surface area contributed by atoms with Gasteiger partial charge in [0.15, 0.2) is 11.6 Å². The Bertz CT molecular complexity index is 579. The van der Waals surface area contributed by atoms with Crippen molar-refractivity contribution in [2.45, 2.75) is 13.0 Å². The Kier molecular flexibility index (Phi) is 3.39. The van der Waals surface area contributed by atoms with Crippen molar-refractivity contribution in [3.63, 3.8) is 0 Å². The molecule has 2 rings (SSSR count). The highest BCUT2D eigenvalue weighted by molar-refractivity contribution is 5.65. The normalized spacial score (nSPS) is 12.5. The van der Waals surface area contributed by atoms with Gasteiger partial charge in [-0.15, -0.1) is 0 Å². The lowest BCUT2D eigenvalue weighted by Crippen LogP contribution is -2.05. The molecule has 0 fully saturated rings. The summed E-state index contributed by atoms with van der Waals surface area (Å²) in [6.45, 7) is 1.74. The summed E-state index contributed by atoms with van der Waals surface area (Å²) in [5, 5.41) is 0. The maximum absolute atomic E-state index is 13.7. The Labute approximate surface area is 103 Å². The molecule has 4 heteroatoms. The second-order valence-electron chi connectivity index (χ2n) is 4.13. The molecule has 0 saturated heterocycles. The highest BCUT2D eigenvalue weighted by atomic mass is 19.2. The van der Waals surface area contributed by atoms with E-state index in [4.69, 9.17) is 5.73 Å². The lowest BCUT2D eigenvalue weighted by atomic mass is 9.99. The average Bonchev–Trinajstić information content (AvgIpc) is 2.33. The number of hydrogen-bond acceptors (Lipinski definition) is 1. The molecule has 0 saturated carbocycles. The number of benzene rings is 2. The van der Waals surface area contributed by atoms with E-state index in [2.05, 4.69) is 0 Å². The molecule has 2 aromatic carbocycles. The summed E-state index contributed by atoms with van der Waals surface area (Å²) in [5.74, 6) is -2.67. The Morgan fingerprint density at radius 3 is 2.33 bits per heavy atom. The van der Waals surface area contributed by atoms with Gasteiger partial charge >= 0.3 is 0 Å². The SMILES string of the molecule is CC(N)c1ccc(F)c(-c2cccc(F)c2F)c1. The van der Waals surface area contributed by atoms with E-state index < -0.39 is 17.5 Å². The Hall–Kier alpha value is -1.81. The number of nitrogens with two attached hydrogens (primary N) is 1. The van der Waals surface area contributed by atoms with Crippen LogP contribution >= 0.6 is 0 Å². The lowest BCUT2D eigenvalue weighted by molar-refractivity contribution is 0.510. The van der Waals surface area contributed by atoms with Crippen LogP contribution in [0.5, 0.6) is 0 Å².